The Morgan fingerprint density at radius 3 is 2.59 bits per heavy atom. The molecule has 0 atom stereocenters. The molecule has 0 aliphatic heterocycles. The summed E-state index contributed by atoms with van der Waals surface area (Å²) in [4.78, 5) is 18.8. The van der Waals surface area contributed by atoms with Gasteiger partial charge >= 0.3 is 0 Å². The van der Waals surface area contributed by atoms with Gasteiger partial charge in [-0.05, 0) is 49.7 Å². The summed E-state index contributed by atoms with van der Waals surface area (Å²) in [6.45, 7) is 4.84. The lowest BCUT2D eigenvalue weighted by Crippen LogP contribution is -2.30. The van der Waals surface area contributed by atoms with E-state index in [2.05, 4.69) is 10.3 Å². The standard InChI is InChI=1S/C22H22FN3O/c1-3-26(19-9-6-7-16(2)13-19)22(27)18-11-12-21(25-15-18)24-14-17-8-4-5-10-20(17)23/h4-13,15H,3,14H2,1-2H3,(H,24,25). The summed E-state index contributed by atoms with van der Waals surface area (Å²) in [6, 6.07) is 17.9. The molecular formula is C22H22FN3O. The van der Waals surface area contributed by atoms with Crippen molar-refractivity contribution in [1.82, 2.24) is 4.98 Å². The molecule has 0 radical (unpaired) electrons. The normalized spacial score (nSPS) is 10.5. The van der Waals surface area contributed by atoms with Crippen molar-refractivity contribution in [1.29, 1.82) is 0 Å². The zero-order chi connectivity index (χ0) is 19.2. The van der Waals surface area contributed by atoms with Gasteiger partial charge in [0.25, 0.3) is 5.91 Å². The Labute approximate surface area is 158 Å². The van der Waals surface area contributed by atoms with Gasteiger partial charge in [-0.3, -0.25) is 4.79 Å². The number of benzene rings is 2. The number of nitrogens with zero attached hydrogens (tertiary/aromatic N) is 2. The first-order chi connectivity index (χ1) is 13.1. The number of pyridine rings is 1. The summed E-state index contributed by atoms with van der Waals surface area (Å²) in [5.41, 5.74) is 3.04. The molecule has 0 saturated carbocycles. The highest BCUT2D eigenvalue weighted by Gasteiger charge is 2.16. The maximum Gasteiger partial charge on any atom is 0.259 e. The van der Waals surface area contributed by atoms with Gasteiger partial charge in [-0.1, -0.05) is 30.3 Å². The minimum Gasteiger partial charge on any atom is -0.366 e. The van der Waals surface area contributed by atoms with Gasteiger partial charge in [0.1, 0.15) is 11.6 Å². The lowest BCUT2D eigenvalue weighted by molar-refractivity contribution is 0.0988. The van der Waals surface area contributed by atoms with Gasteiger partial charge in [0, 0.05) is 30.5 Å². The topological polar surface area (TPSA) is 45.2 Å². The van der Waals surface area contributed by atoms with E-state index >= 15 is 0 Å². The van der Waals surface area contributed by atoms with Crippen LogP contribution in [0.3, 0.4) is 0 Å². The highest BCUT2D eigenvalue weighted by Crippen LogP contribution is 2.19. The molecule has 4 nitrogen and oxygen atoms in total. The van der Waals surface area contributed by atoms with Crippen LogP contribution < -0.4 is 10.2 Å². The van der Waals surface area contributed by atoms with E-state index in [4.69, 9.17) is 0 Å². The van der Waals surface area contributed by atoms with E-state index in [1.165, 1.54) is 6.07 Å². The number of aryl methyl sites for hydroxylation is 1. The van der Waals surface area contributed by atoms with Crippen LogP contribution in [-0.4, -0.2) is 17.4 Å². The number of hydrogen-bond donors (Lipinski definition) is 1. The average Bonchev–Trinajstić information content (AvgIpc) is 2.68. The fourth-order valence-electron chi connectivity index (χ4n) is 2.85. The molecule has 0 unspecified atom stereocenters. The first-order valence-electron chi connectivity index (χ1n) is 8.90. The summed E-state index contributed by atoms with van der Waals surface area (Å²) in [5.74, 6) is 0.234. The average molecular weight is 363 g/mol. The van der Waals surface area contributed by atoms with Gasteiger partial charge in [0.05, 0.1) is 5.56 Å². The largest absolute Gasteiger partial charge is 0.366 e. The molecule has 0 bridgehead atoms. The van der Waals surface area contributed by atoms with Crippen molar-refractivity contribution >= 4 is 17.4 Å². The van der Waals surface area contributed by atoms with E-state index in [1.807, 2.05) is 38.1 Å². The second kappa shape index (κ2) is 8.45. The smallest absolute Gasteiger partial charge is 0.259 e. The van der Waals surface area contributed by atoms with E-state index in [9.17, 15) is 9.18 Å². The maximum absolute atomic E-state index is 13.7. The highest BCUT2D eigenvalue weighted by atomic mass is 19.1. The SMILES string of the molecule is CCN(C(=O)c1ccc(NCc2ccccc2F)nc1)c1cccc(C)c1. The van der Waals surface area contributed by atoms with Crippen LogP contribution in [0.2, 0.25) is 0 Å². The molecule has 0 saturated heterocycles. The lowest BCUT2D eigenvalue weighted by Gasteiger charge is -2.21. The minimum absolute atomic E-state index is 0.101. The fourth-order valence-corrected chi connectivity index (χ4v) is 2.85. The third kappa shape index (κ3) is 4.50. The summed E-state index contributed by atoms with van der Waals surface area (Å²) in [7, 11) is 0. The molecule has 0 aliphatic rings. The molecule has 138 valence electrons. The van der Waals surface area contributed by atoms with Crippen LogP contribution in [0.1, 0.15) is 28.4 Å². The Balaban J connectivity index is 1.70. The maximum atomic E-state index is 13.7. The van der Waals surface area contributed by atoms with Gasteiger partial charge in [-0.25, -0.2) is 9.37 Å². The zero-order valence-electron chi connectivity index (χ0n) is 15.4. The van der Waals surface area contributed by atoms with E-state index < -0.39 is 0 Å². The molecule has 0 spiro atoms. The Bertz CT molecular complexity index is 925. The number of aromatic nitrogens is 1. The lowest BCUT2D eigenvalue weighted by atomic mass is 10.1. The fraction of sp³-hybridized carbons (Fsp3) is 0.182. The van der Waals surface area contributed by atoms with Crippen LogP contribution in [0.4, 0.5) is 15.9 Å². The number of carbonyl (C=O) groups excluding carboxylic acids is 1. The van der Waals surface area contributed by atoms with Crippen molar-refractivity contribution < 1.29 is 9.18 Å². The van der Waals surface area contributed by atoms with Crippen molar-refractivity contribution in [2.75, 3.05) is 16.8 Å². The molecule has 27 heavy (non-hydrogen) atoms. The third-order valence-corrected chi connectivity index (χ3v) is 4.30. The minimum atomic E-state index is -0.256. The Kier molecular flexibility index (Phi) is 5.81. The highest BCUT2D eigenvalue weighted by molar-refractivity contribution is 6.06. The van der Waals surface area contributed by atoms with Crippen molar-refractivity contribution in [2.24, 2.45) is 0 Å². The van der Waals surface area contributed by atoms with Crippen molar-refractivity contribution in [3.63, 3.8) is 0 Å². The molecular weight excluding hydrogens is 341 g/mol. The van der Waals surface area contributed by atoms with Crippen molar-refractivity contribution in [2.45, 2.75) is 20.4 Å². The first kappa shape index (κ1) is 18.6. The summed E-state index contributed by atoms with van der Waals surface area (Å²) in [5, 5.41) is 3.07. The predicted octanol–water partition coefficient (Wildman–Crippen LogP) is 4.81. The van der Waals surface area contributed by atoms with Gasteiger partial charge in [-0.2, -0.15) is 0 Å². The predicted molar refractivity (Wildman–Crippen MR) is 106 cm³/mol. The third-order valence-electron chi connectivity index (χ3n) is 4.30. The zero-order valence-corrected chi connectivity index (χ0v) is 15.4. The van der Waals surface area contributed by atoms with E-state index in [0.29, 0.717) is 30.0 Å². The molecule has 3 aromatic rings. The van der Waals surface area contributed by atoms with Crippen LogP contribution in [0.5, 0.6) is 0 Å². The number of carbonyl (C=O) groups is 1. The van der Waals surface area contributed by atoms with Crippen LogP contribution in [0.25, 0.3) is 0 Å². The van der Waals surface area contributed by atoms with Crippen LogP contribution in [-0.2, 0) is 6.54 Å². The second-order valence-corrected chi connectivity index (χ2v) is 6.27. The summed E-state index contributed by atoms with van der Waals surface area (Å²) >= 11 is 0. The van der Waals surface area contributed by atoms with Gasteiger partial charge < -0.3 is 10.2 Å². The Hall–Kier alpha value is -3.21. The van der Waals surface area contributed by atoms with Crippen LogP contribution in [0.15, 0.2) is 66.9 Å². The van der Waals surface area contributed by atoms with E-state index in [-0.39, 0.29) is 11.7 Å². The van der Waals surface area contributed by atoms with Crippen LogP contribution in [0, 0.1) is 12.7 Å². The summed E-state index contributed by atoms with van der Waals surface area (Å²) in [6.07, 6.45) is 1.55. The number of amides is 1. The van der Waals surface area contributed by atoms with E-state index in [1.54, 1.807) is 41.4 Å². The molecule has 0 fully saturated rings. The Morgan fingerprint density at radius 1 is 1.11 bits per heavy atom. The van der Waals surface area contributed by atoms with Gasteiger partial charge in [0.2, 0.25) is 0 Å². The first-order valence-corrected chi connectivity index (χ1v) is 8.90. The van der Waals surface area contributed by atoms with Crippen molar-refractivity contribution in [3.8, 4) is 0 Å². The molecule has 1 N–H and O–H groups in total. The molecule has 1 amide bonds. The number of halogens is 1. The summed E-state index contributed by atoms with van der Waals surface area (Å²) < 4.78 is 13.7. The molecule has 0 aliphatic carbocycles. The molecule has 3 rings (SSSR count). The van der Waals surface area contributed by atoms with Crippen molar-refractivity contribution in [3.05, 3.63) is 89.4 Å². The molecule has 1 heterocycles. The second-order valence-electron chi connectivity index (χ2n) is 6.27. The van der Waals surface area contributed by atoms with Gasteiger partial charge in [-0.15, -0.1) is 0 Å². The van der Waals surface area contributed by atoms with Crippen LogP contribution >= 0.6 is 0 Å². The van der Waals surface area contributed by atoms with Gasteiger partial charge in [0.15, 0.2) is 0 Å². The monoisotopic (exact) mass is 363 g/mol. The number of rotatable bonds is 6. The number of nitrogens with one attached hydrogen (secondary N) is 1. The van der Waals surface area contributed by atoms with E-state index in [0.717, 1.165) is 11.3 Å². The molecule has 1 aromatic heterocycles. The molecule has 5 heteroatoms. The Morgan fingerprint density at radius 2 is 1.93 bits per heavy atom. The number of hydrogen-bond acceptors (Lipinski definition) is 3. The quantitative estimate of drug-likeness (QED) is 0.684. The number of anilines is 2. The molecule has 2 aromatic carbocycles.